The molecule has 1 heterocycles. The number of nitrogens with one attached hydrogen (secondary N) is 1. The number of rotatable bonds is 6. The Morgan fingerprint density at radius 2 is 2.00 bits per heavy atom. The van der Waals surface area contributed by atoms with E-state index >= 15 is 0 Å². The van der Waals surface area contributed by atoms with E-state index in [1.165, 1.54) is 11.1 Å². The predicted molar refractivity (Wildman–Crippen MR) is 83.4 cm³/mol. The van der Waals surface area contributed by atoms with Crippen LogP contribution in [0.1, 0.15) is 23.4 Å². The summed E-state index contributed by atoms with van der Waals surface area (Å²) in [4.78, 5) is 16.6. The second-order valence-electron chi connectivity index (χ2n) is 5.37. The zero-order valence-electron chi connectivity index (χ0n) is 13.2. The highest BCUT2D eigenvalue weighted by molar-refractivity contribution is 5.82. The second kappa shape index (κ2) is 6.72. The lowest BCUT2D eigenvalue weighted by molar-refractivity contribution is -0.121. The lowest BCUT2D eigenvalue weighted by Gasteiger charge is -2.09. The summed E-state index contributed by atoms with van der Waals surface area (Å²) in [6.45, 7) is 7.68. The predicted octanol–water partition coefficient (Wildman–Crippen LogP) is 2.11. The molecule has 0 fully saturated rings. The van der Waals surface area contributed by atoms with Gasteiger partial charge in [0, 0.05) is 20.3 Å². The van der Waals surface area contributed by atoms with Crippen molar-refractivity contribution in [2.75, 3.05) is 20.3 Å². The van der Waals surface area contributed by atoms with Crippen LogP contribution in [0.3, 0.4) is 0 Å². The third-order valence-corrected chi connectivity index (χ3v) is 3.70. The van der Waals surface area contributed by atoms with Crippen LogP contribution in [0, 0.1) is 20.8 Å². The summed E-state index contributed by atoms with van der Waals surface area (Å²) >= 11 is 0. The summed E-state index contributed by atoms with van der Waals surface area (Å²) in [6.07, 6.45) is 0.824. The summed E-state index contributed by atoms with van der Waals surface area (Å²) in [5.74, 6) is 0.869. The number of nitrogens with zero attached hydrogens (tertiary/aromatic N) is 2. The van der Waals surface area contributed by atoms with Crippen LogP contribution >= 0.6 is 0 Å². The Morgan fingerprint density at radius 1 is 1.29 bits per heavy atom. The lowest BCUT2D eigenvalue weighted by Crippen LogP contribution is -2.29. The molecule has 5 heteroatoms. The molecule has 5 nitrogen and oxygen atoms in total. The van der Waals surface area contributed by atoms with Gasteiger partial charge in [0.2, 0.25) is 5.91 Å². The number of hydrogen-bond acceptors (Lipinski definition) is 3. The summed E-state index contributed by atoms with van der Waals surface area (Å²) in [5.41, 5.74) is 4.39. The molecule has 0 atom stereocenters. The largest absolute Gasteiger partial charge is 0.385 e. The molecule has 2 rings (SSSR count). The van der Waals surface area contributed by atoms with Crippen LogP contribution in [-0.2, 0) is 16.1 Å². The van der Waals surface area contributed by atoms with E-state index in [1.54, 1.807) is 7.11 Å². The van der Waals surface area contributed by atoms with E-state index in [0.29, 0.717) is 19.7 Å². The molecule has 0 aliphatic rings. The first kappa shape index (κ1) is 15.5. The van der Waals surface area contributed by atoms with Crippen molar-refractivity contribution >= 4 is 16.9 Å². The molecule has 0 saturated carbocycles. The summed E-state index contributed by atoms with van der Waals surface area (Å²) < 4.78 is 6.93. The van der Waals surface area contributed by atoms with Crippen LogP contribution in [0.4, 0.5) is 0 Å². The molecule has 21 heavy (non-hydrogen) atoms. The van der Waals surface area contributed by atoms with Crippen molar-refractivity contribution in [3.05, 3.63) is 29.1 Å². The first-order valence-corrected chi connectivity index (χ1v) is 7.22. The van der Waals surface area contributed by atoms with Gasteiger partial charge >= 0.3 is 0 Å². The first-order valence-electron chi connectivity index (χ1n) is 7.22. The van der Waals surface area contributed by atoms with Crippen molar-refractivity contribution < 1.29 is 9.53 Å². The van der Waals surface area contributed by atoms with Gasteiger partial charge in [-0.2, -0.15) is 0 Å². The van der Waals surface area contributed by atoms with Gasteiger partial charge in [0.15, 0.2) is 0 Å². The van der Waals surface area contributed by atoms with Crippen LogP contribution in [0.2, 0.25) is 0 Å². The van der Waals surface area contributed by atoms with E-state index in [4.69, 9.17) is 4.74 Å². The van der Waals surface area contributed by atoms with E-state index in [9.17, 15) is 4.79 Å². The number of aryl methyl sites for hydroxylation is 3. The average Bonchev–Trinajstić information content (AvgIpc) is 2.72. The maximum absolute atomic E-state index is 12.0. The average molecular weight is 289 g/mol. The number of fused-ring (bicyclic) bond motifs is 1. The van der Waals surface area contributed by atoms with Crippen LogP contribution < -0.4 is 5.32 Å². The minimum Gasteiger partial charge on any atom is -0.385 e. The molecular weight excluding hydrogens is 266 g/mol. The zero-order valence-corrected chi connectivity index (χ0v) is 13.2. The highest BCUT2D eigenvalue weighted by Crippen LogP contribution is 2.20. The molecule has 1 aromatic heterocycles. The van der Waals surface area contributed by atoms with E-state index in [0.717, 1.165) is 23.3 Å². The number of hydrogen-bond donors (Lipinski definition) is 1. The quantitative estimate of drug-likeness (QED) is 0.829. The number of carbonyl (C=O) groups is 1. The van der Waals surface area contributed by atoms with Gasteiger partial charge in [-0.15, -0.1) is 0 Å². The maximum Gasteiger partial charge on any atom is 0.240 e. The van der Waals surface area contributed by atoms with Crippen molar-refractivity contribution in [1.82, 2.24) is 14.9 Å². The number of carbonyl (C=O) groups excluding carboxylic acids is 1. The van der Waals surface area contributed by atoms with Crippen molar-refractivity contribution in [3.63, 3.8) is 0 Å². The van der Waals surface area contributed by atoms with Crippen LogP contribution in [0.25, 0.3) is 11.0 Å². The smallest absolute Gasteiger partial charge is 0.240 e. The van der Waals surface area contributed by atoms with Crippen molar-refractivity contribution in [1.29, 1.82) is 0 Å². The highest BCUT2D eigenvalue weighted by atomic mass is 16.5. The normalized spacial score (nSPS) is 11.0. The highest BCUT2D eigenvalue weighted by Gasteiger charge is 2.11. The molecule has 1 aromatic carbocycles. The van der Waals surface area contributed by atoms with Gasteiger partial charge in [0.05, 0.1) is 11.0 Å². The zero-order chi connectivity index (χ0) is 15.4. The van der Waals surface area contributed by atoms with Crippen LogP contribution in [0.15, 0.2) is 12.1 Å². The van der Waals surface area contributed by atoms with E-state index < -0.39 is 0 Å². The molecule has 0 saturated heterocycles. The number of imidazole rings is 1. The van der Waals surface area contributed by atoms with Crippen molar-refractivity contribution in [2.45, 2.75) is 33.7 Å². The number of aromatic nitrogens is 2. The van der Waals surface area contributed by atoms with Gasteiger partial charge in [-0.1, -0.05) is 0 Å². The minimum absolute atomic E-state index is 0.00623. The van der Waals surface area contributed by atoms with Gasteiger partial charge in [0.1, 0.15) is 12.4 Å². The van der Waals surface area contributed by atoms with E-state index in [-0.39, 0.29) is 5.91 Å². The molecule has 0 aliphatic heterocycles. The molecular formula is C16H23N3O2. The summed E-state index contributed by atoms with van der Waals surface area (Å²) in [6, 6.07) is 4.17. The molecule has 0 aliphatic carbocycles. The maximum atomic E-state index is 12.0. The summed E-state index contributed by atoms with van der Waals surface area (Å²) in [5, 5.41) is 2.91. The number of amides is 1. The standard InChI is InChI=1S/C16H23N3O2/c1-11-8-14-15(9-12(11)2)19(13(3)18-14)10-16(20)17-6-5-7-21-4/h8-9H,5-7,10H2,1-4H3,(H,17,20). The van der Waals surface area contributed by atoms with Crippen LogP contribution in [0.5, 0.6) is 0 Å². The summed E-state index contributed by atoms with van der Waals surface area (Å²) in [7, 11) is 1.66. The van der Waals surface area contributed by atoms with Crippen molar-refractivity contribution in [2.24, 2.45) is 0 Å². The third kappa shape index (κ3) is 3.61. The molecule has 0 unspecified atom stereocenters. The number of methoxy groups -OCH3 is 1. The fraction of sp³-hybridized carbons (Fsp3) is 0.500. The lowest BCUT2D eigenvalue weighted by atomic mass is 10.1. The van der Waals surface area contributed by atoms with E-state index in [2.05, 4.69) is 36.3 Å². The van der Waals surface area contributed by atoms with Gasteiger partial charge in [0.25, 0.3) is 0 Å². The molecule has 0 radical (unpaired) electrons. The number of ether oxygens (including phenoxy) is 1. The Balaban J connectivity index is 2.12. The third-order valence-electron chi connectivity index (χ3n) is 3.70. The van der Waals surface area contributed by atoms with Crippen molar-refractivity contribution in [3.8, 4) is 0 Å². The Bertz CT molecular complexity index is 646. The molecule has 114 valence electrons. The molecule has 0 bridgehead atoms. The number of benzene rings is 1. The van der Waals surface area contributed by atoms with E-state index in [1.807, 2.05) is 11.5 Å². The fourth-order valence-electron chi connectivity index (χ4n) is 2.34. The Morgan fingerprint density at radius 3 is 2.71 bits per heavy atom. The Kier molecular flexibility index (Phi) is 4.96. The topological polar surface area (TPSA) is 56.1 Å². The van der Waals surface area contributed by atoms with Gasteiger partial charge in [-0.05, 0) is 50.5 Å². The molecule has 1 amide bonds. The molecule has 0 spiro atoms. The van der Waals surface area contributed by atoms with Gasteiger partial charge in [-0.25, -0.2) is 4.98 Å². The SMILES string of the molecule is COCCCNC(=O)Cn1c(C)nc2cc(C)c(C)cc21. The van der Waals surface area contributed by atoms with Gasteiger partial charge < -0.3 is 14.6 Å². The molecule has 2 aromatic rings. The Labute approximate surface area is 125 Å². The fourth-order valence-corrected chi connectivity index (χ4v) is 2.34. The Hall–Kier alpha value is -1.88. The first-order chi connectivity index (χ1) is 10.0. The van der Waals surface area contributed by atoms with Crippen LogP contribution in [-0.4, -0.2) is 35.7 Å². The molecule has 1 N–H and O–H groups in total. The minimum atomic E-state index is 0.00623. The van der Waals surface area contributed by atoms with Gasteiger partial charge in [-0.3, -0.25) is 4.79 Å². The second-order valence-corrected chi connectivity index (χ2v) is 5.37. The monoisotopic (exact) mass is 289 g/mol.